The SMILES string of the molecule is C[C@H](C(=O)Cl)c1ccc(OS(=O)(=O)C(F)(F)F)cc1. The first-order chi connectivity index (χ1) is 8.54. The monoisotopic (exact) mass is 316 g/mol. The molecule has 0 spiro atoms. The average molecular weight is 317 g/mol. The second-order valence-corrected chi connectivity index (χ2v) is 5.49. The molecule has 0 fully saturated rings. The Bertz CT molecular complexity index is 565. The van der Waals surface area contributed by atoms with Gasteiger partial charge in [-0.05, 0) is 29.3 Å². The van der Waals surface area contributed by atoms with Gasteiger partial charge in [-0.3, -0.25) is 4.79 Å². The quantitative estimate of drug-likeness (QED) is 0.487. The smallest absolute Gasteiger partial charge is 0.376 e. The summed E-state index contributed by atoms with van der Waals surface area (Å²) in [6.45, 7) is 1.50. The van der Waals surface area contributed by atoms with Crippen LogP contribution in [0.15, 0.2) is 24.3 Å². The number of rotatable bonds is 4. The molecule has 0 saturated heterocycles. The molecule has 106 valence electrons. The van der Waals surface area contributed by atoms with Crippen molar-refractivity contribution >= 4 is 27.0 Å². The minimum Gasteiger partial charge on any atom is -0.376 e. The zero-order valence-corrected chi connectivity index (χ0v) is 11.0. The summed E-state index contributed by atoms with van der Waals surface area (Å²) in [6, 6.07) is 4.53. The van der Waals surface area contributed by atoms with Crippen LogP contribution in [0.25, 0.3) is 0 Å². The Morgan fingerprint density at radius 1 is 1.26 bits per heavy atom. The van der Waals surface area contributed by atoms with E-state index in [1.165, 1.54) is 19.1 Å². The highest BCUT2D eigenvalue weighted by Gasteiger charge is 2.48. The number of benzene rings is 1. The maximum Gasteiger partial charge on any atom is 0.534 e. The minimum absolute atomic E-state index is 0.428. The Labute approximate surface area is 112 Å². The van der Waals surface area contributed by atoms with Crippen LogP contribution in [-0.2, 0) is 14.9 Å². The molecule has 1 aromatic rings. The van der Waals surface area contributed by atoms with Crippen molar-refractivity contribution in [2.24, 2.45) is 0 Å². The van der Waals surface area contributed by atoms with Crippen LogP contribution in [0, 0.1) is 0 Å². The molecule has 0 aliphatic rings. The van der Waals surface area contributed by atoms with E-state index >= 15 is 0 Å². The zero-order chi connectivity index (χ0) is 14.8. The van der Waals surface area contributed by atoms with Gasteiger partial charge in [-0.1, -0.05) is 19.1 Å². The topological polar surface area (TPSA) is 60.4 Å². The lowest BCUT2D eigenvalue weighted by Gasteiger charge is -2.11. The molecular formula is C10H8ClF3O4S. The lowest BCUT2D eigenvalue weighted by atomic mass is 10.0. The standard InChI is InChI=1S/C10H8ClF3O4S/c1-6(9(11)15)7-2-4-8(5-3-7)18-19(16,17)10(12,13)14/h2-6H,1H3/t6-/m0/s1. The molecule has 0 bridgehead atoms. The average Bonchev–Trinajstić information content (AvgIpc) is 2.27. The number of carbonyl (C=O) groups is 1. The third-order valence-electron chi connectivity index (χ3n) is 2.21. The highest BCUT2D eigenvalue weighted by Crippen LogP contribution is 2.28. The summed E-state index contributed by atoms with van der Waals surface area (Å²) < 4.78 is 61.5. The number of hydrogen-bond donors (Lipinski definition) is 0. The van der Waals surface area contributed by atoms with E-state index < -0.39 is 32.5 Å². The molecule has 0 aromatic heterocycles. The van der Waals surface area contributed by atoms with Crippen molar-refractivity contribution in [2.75, 3.05) is 0 Å². The van der Waals surface area contributed by atoms with Crippen LogP contribution in [0.4, 0.5) is 13.2 Å². The van der Waals surface area contributed by atoms with Gasteiger partial charge in [0.05, 0.1) is 5.92 Å². The minimum atomic E-state index is -5.69. The molecule has 1 rings (SSSR count). The van der Waals surface area contributed by atoms with Gasteiger partial charge in [0, 0.05) is 0 Å². The third kappa shape index (κ3) is 3.84. The van der Waals surface area contributed by atoms with Crippen LogP contribution < -0.4 is 4.18 Å². The molecule has 0 radical (unpaired) electrons. The first-order valence-electron chi connectivity index (χ1n) is 4.84. The highest BCUT2D eigenvalue weighted by molar-refractivity contribution is 7.87. The molecule has 1 atom stereocenters. The Kier molecular flexibility index (Phi) is 4.46. The van der Waals surface area contributed by atoms with Crippen LogP contribution in [0.3, 0.4) is 0 Å². The van der Waals surface area contributed by atoms with Crippen molar-refractivity contribution in [3.63, 3.8) is 0 Å². The van der Waals surface area contributed by atoms with Gasteiger partial charge >= 0.3 is 15.6 Å². The normalized spacial score (nSPS) is 13.9. The van der Waals surface area contributed by atoms with E-state index in [-0.39, 0.29) is 0 Å². The molecule has 0 saturated carbocycles. The summed E-state index contributed by atoms with van der Waals surface area (Å²) in [4.78, 5) is 10.9. The van der Waals surface area contributed by atoms with Crippen molar-refractivity contribution in [3.05, 3.63) is 29.8 Å². The van der Waals surface area contributed by atoms with Crippen molar-refractivity contribution < 1.29 is 30.6 Å². The molecule has 0 unspecified atom stereocenters. The summed E-state index contributed by atoms with van der Waals surface area (Å²) >= 11 is 5.25. The summed E-state index contributed by atoms with van der Waals surface area (Å²) in [5.74, 6) is -1.16. The van der Waals surface area contributed by atoms with Gasteiger partial charge in [0.25, 0.3) is 0 Å². The van der Waals surface area contributed by atoms with Crippen molar-refractivity contribution in [3.8, 4) is 5.75 Å². The van der Waals surface area contributed by atoms with Gasteiger partial charge < -0.3 is 4.18 Å². The summed E-state index contributed by atoms with van der Waals surface area (Å²) in [7, 11) is -5.69. The number of carbonyl (C=O) groups excluding carboxylic acids is 1. The first-order valence-corrected chi connectivity index (χ1v) is 6.63. The third-order valence-corrected chi connectivity index (χ3v) is 3.52. The first kappa shape index (κ1) is 15.8. The zero-order valence-electron chi connectivity index (χ0n) is 9.44. The van der Waals surface area contributed by atoms with E-state index in [0.29, 0.717) is 5.56 Å². The fraction of sp³-hybridized carbons (Fsp3) is 0.300. The van der Waals surface area contributed by atoms with E-state index in [2.05, 4.69) is 4.18 Å². The summed E-state index contributed by atoms with van der Waals surface area (Å²) in [5, 5.41) is -0.642. The van der Waals surface area contributed by atoms with E-state index in [1.807, 2.05) is 0 Å². The van der Waals surface area contributed by atoms with Gasteiger partial charge in [0.1, 0.15) is 5.75 Å². The maximum atomic E-state index is 12.1. The molecule has 19 heavy (non-hydrogen) atoms. The van der Waals surface area contributed by atoms with Crippen LogP contribution >= 0.6 is 11.6 Å². The number of alkyl halides is 3. The molecule has 0 N–H and O–H groups in total. The lowest BCUT2D eigenvalue weighted by molar-refractivity contribution is -0.112. The Morgan fingerprint density at radius 2 is 1.74 bits per heavy atom. The van der Waals surface area contributed by atoms with E-state index in [9.17, 15) is 26.4 Å². The Hall–Kier alpha value is -1.28. The predicted molar refractivity (Wildman–Crippen MR) is 61.3 cm³/mol. The highest BCUT2D eigenvalue weighted by atomic mass is 35.5. The predicted octanol–water partition coefficient (Wildman–Crippen LogP) is 2.78. The van der Waals surface area contributed by atoms with E-state index in [1.54, 1.807) is 0 Å². The summed E-state index contributed by atoms with van der Waals surface area (Å²) in [6.07, 6.45) is 0. The van der Waals surface area contributed by atoms with Gasteiger partial charge in [-0.2, -0.15) is 21.6 Å². The van der Waals surface area contributed by atoms with Crippen LogP contribution in [-0.4, -0.2) is 19.2 Å². The molecule has 1 aromatic carbocycles. The van der Waals surface area contributed by atoms with Gasteiger partial charge in [-0.15, -0.1) is 0 Å². The molecule has 9 heteroatoms. The largest absolute Gasteiger partial charge is 0.534 e. The number of hydrogen-bond acceptors (Lipinski definition) is 4. The maximum absolute atomic E-state index is 12.1. The molecule has 4 nitrogen and oxygen atoms in total. The molecule has 0 aliphatic heterocycles. The Morgan fingerprint density at radius 3 is 2.11 bits per heavy atom. The van der Waals surface area contributed by atoms with E-state index in [4.69, 9.17) is 11.6 Å². The summed E-state index contributed by atoms with van der Waals surface area (Å²) in [5.41, 5.74) is -5.07. The molecule has 0 aliphatic carbocycles. The van der Waals surface area contributed by atoms with Crippen molar-refractivity contribution in [1.82, 2.24) is 0 Å². The lowest BCUT2D eigenvalue weighted by Crippen LogP contribution is -2.28. The van der Waals surface area contributed by atoms with Crippen LogP contribution in [0.2, 0.25) is 0 Å². The second kappa shape index (κ2) is 5.38. The van der Waals surface area contributed by atoms with Gasteiger partial charge in [0.2, 0.25) is 5.24 Å². The molecule has 0 heterocycles. The van der Waals surface area contributed by atoms with Gasteiger partial charge in [-0.25, -0.2) is 0 Å². The second-order valence-electron chi connectivity index (χ2n) is 3.58. The van der Waals surface area contributed by atoms with Gasteiger partial charge in [0.15, 0.2) is 0 Å². The van der Waals surface area contributed by atoms with Crippen LogP contribution in [0.1, 0.15) is 18.4 Å². The van der Waals surface area contributed by atoms with Crippen LogP contribution in [0.5, 0.6) is 5.75 Å². The number of halogens is 4. The fourth-order valence-electron chi connectivity index (χ4n) is 1.12. The van der Waals surface area contributed by atoms with E-state index in [0.717, 1.165) is 12.1 Å². The fourth-order valence-corrected chi connectivity index (χ4v) is 1.70. The van der Waals surface area contributed by atoms with Crippen molar-refractivity contribution in [2.45, 2.75) is 18.3 Å². The molecular weight excluding hydrogens is 309 g/mol. The molecule has 0 amide bonds. The van der Waals surface area contributed by atoms with Crippen molar-refractivity contribution in [1.29, 1.82) is 0 Å². The Balaban J connectivity index is 2.93.